The predicted molar refractivity (Wildman–Crippen MR) is 164 cm³/mol. The summed E-state index contributed by atoms with van der Waals surface area (Å²) in [5.41, 5.74) is 4.21. The molecule has 3 rings (SSSR count). The second kappa shape index (κ2) is 20.6. The minimum Gasteiger partial charge on any atom is -0.479 e. The normalized spacial score (nSPS) is 14.6. The van der Waals surface area contributed by atoms with Gasteiger partial charge in [-0.25, -0.2) is 19.9 Å². The third kappa shape index (κ3) is 14.2. The summed E-state index contributed by atoms with van der Waals surface area (Å²) < 4.78 is 5.77. The Labute approximate surface area is 266 Å². The van der Waals surface area contributed by atoms with Gasteiger partial charge in [-0.1, -0.05) is 55.3 Å². The summed E-state index contributed by atoms with van der Waals surface area (Å²) in [6, 6.07) is 16.7. The first kappa shape index (κ1) is 37.8. The molecule has 3 atom stereocenters. The Hall–Kier alpha value is -4.37. The van der Waals surface area contributed by atoms with Gasteiger partial charge in [-0.2, -0.15) is 0 Å². The van der Waals surface area contributed by atoms with Crippen LogP contribution in [0.15, 0.2) is 54.6 Å². The Morgan fingerprint density at radius 1 is 0.761 bits per heavy atom. The fraction of sp³-hybridized carbons (Fsp3) is 0.469. The number of carboxylic acids is 2. The molecule has 0 saturated heterocycles. The van der Waals surface area contributed by atoms with Crippen LogP contribution in [-0.2, 0) is 35.3 Å². The first-order chi connectivity index (χ1) is 22.0. The van der Waals surface area contributed by atoms with Gasteiger partial charge in [0.1, 0.15) is 12.1 Å². The highest BCUT2D eigenvalue weighted by molar-refractivity contribution is 5.90. The van der Waals surface area contributed by atoms with Gasteiger partial charge < -0.3 is 30.5 Å². The van der Waals surface area contributed by atoms with Crippen molar-refractivity contribution < 1.29 is 54.3 Å². The molecule has 1 aliphatic carbocycles. The number of ether oxygens (including phenoxy) is 1. The largest absolute Gasteiger partial charge is 0.479 e. The number of amides is 2. The number of hydrogen-bond acceptors (Lipinski definition) is 10. The number of rotatable bonds is 17. The van der Waals surface area contributed by atoms with Gasteiger partial charge in [0.2, 0.25) is 11.8 Å². The molecule has 0 heterocycles. The molecule has 2 aromatic carbocycles. The van der Waals surface area contributed by atoms with Crippen molar-refractivity contribution in [2.24, 2.45) is 0 Å². The maximum atomic E-state index is 12.9. The van der Waals surface area contributed by atoms with E-state index in [0.29, 0.717) is 19.4 Å². The molecule has 2 amide bonds. The second-order valence-electron chi connectivity index (χ2n) is 10.8. The number of esters is 1. The summed E-state index contributed by atoms with van der Waals surface area (Å²) >= 11 is 0. The topological polar surface area (TPSA) is 232 Å². The first-order valence-electron chi connectivity index (χ1n) is 15.1. The van der Waals surface area contributed by atoms with E-state index >= 15 is 0 Å². The number of aliphatic hydroxyl groups is 2. The van der Waals surface area contributed by atoms with Crippen LogP contribution in [0.2, 0.25) is 0 Å². The summed E-state index contributed by atoms with van der Waals surface area (Å²) in [6.45, 7) is 0.488. The molecule has 14 nitrogen and oxygen atoms in total. The quantitative estimate of drug-likeness (QED) is 0.0537. The lowest BCUT2D eigenvalue weighted by Crippen LogP contribution is -2.39. The number of aliphatic hydroxyl groups excluding tert-OH is 2. The number of hydrogen-bond donors (Lipinski definition) is 8. The number of carboxylic acid groups (broad SMARTS) is 2. The summed E-state index contributed by atoms with van der Waals surface area (Å²) in [6.07, 6.45) is 3.38. The van der Waals surface area contributed by atoms with Crippen molar-refractivity contribution in [2.45, 2.75) is 95.1 Å². The van der Waals surface area contributed by atoms with Crippen LogP contribution >= 0.6 is 0 Å². The highest BCUT2D eigenvalue weighted by Gasteiger charge is 2.29. The van der Waals surface area contributed by atoms with Crippen molar-refractivity contribution in [3.05, 3.63) is 65.7 Å². The number of unbranched alkanes of at least 4 members (excludes halogenated alkanes) is 3. The number of anilines is 1. The molecule has 2 aromatic rings. The Morgan fingerprint density at radius 3 is 1.83 bits per heavy atom. The van der Waals surface area contributed by atoms with E-state index in [2.05, 4.69) is 10.6 Å². The number of aliphatic carboxylic acids is 2. The average Bonchev–Trinajstić information content (AvgIpc) is 3.56. The lowest BCUT2D eigenvalue weighted by Gasteiger charge is -2.21. The van der Waals surface area contributed by atoms with Crippen LogP contribution in [0.1, 0.15) is 81.4 Å². The van der Waals surface area contributed by atoms with E-state index in [1.807, 2.05) is 54.6 Å². The van der Waals surface area contributed by atoms with Gasteiger partial charge in [0, 0.05) is 25.1 Å². The van der Waals surface area contributed by atoms with E-state index in [9.17, 15) is 24.0 Å². The van der Waals surface area contributed by atoms with Gasteiger partial charge in [-0.05, 0) is 61.8 Å². The second-order valence-corrected chi connectivity index (χ2v) is 10.8. The van der Waals surface area contributed by atoms with Crippen LogP contribution < -0.4 is 16.1 Å². The molecule has 0 spiro atoms. The molecular weight excluding hydrogens is 602 g/mol. The summed E-state index contributed by atoms with van der Waals surface area (Å²) in [7, 11) is 0. The molecule has 1 fully saturated rings. The molecule has 0 bridgehead atoms. The fourth-order valence-corrected chi connectivity index (χ4v) is 4.62. The fourth-order valence-electron chi connectivity index (χ4n) is 4.62. The molecule has 0 unspecified atom stereocenters. The summed E-state index contributed by atoms with van der Waals surface area (Å²) in [5.74, 6) is -4.21. The SMILES string of the molecule is O=C(CCCCCCC(=O)Nc1ccc(CN[C@H](C(=O)OC2CCCC2)c2ccccc2)cc1)NO.O=C(O)[C@H](O)[C@@H](O)C(=O)O. The van der Waals surface area contributed by atoms with Crippen LogP contribution in [-0.4, -0.2) is 73.7 Å². The molecule has 46 heavy (non-hydrogen) atoms. The van der Waals surface area contributed by atoms with Crippen LogP contribution in [0.25, 0.3) is 0 Å². The maximum absolute atomic E-state index is 12.9. The molecule has 0 radical (unpaired) electrons. The maximum Gasteiger partial charge on any atom is 0.335 e. The van der Waals surface area contributed by atoms with Gasteiger partial charge in [0.05, 0.1) is 0 Å². The number of benzene rings is 2. The average molecular weight is 646 g/mol. The van der Waals surface area contributed by atoms with Gasteiger partial charge in [-0.15, -0.1) is 0 Å². The summed E-state index contributed by atoms with van der Waals surface area (Å²) in [4.78, 5) is 55.6. The molecule has 14 heteroatoms. The molecular formula is C32H43N3O11. The Balaban J connectivity index is 0.000000634. The van der Waals surface area contributed by atoms with Crippen molar-refractivity contribution in [1.29, 1.82) is 0 Å². The monoisotopic (exact) mass is 645 g/mol. The van der Waals surface area contributed by atoms with Crippen molar-refractivity contribution in [3.8, 4) is 0 Å². The number of hydroxylamine groups is 1. The van der Waals surface area contributed by atoms with E-state index in [4.69, 9.17) is 30.4 Å². The van der Waals surface area contributed by atoms with Crippen LogP contribution in [0.5, 0.6) is 0 Å². The Bertz CT molecular complexity index is 1230. The van der Waals surface area contributed by atoms with E-state index in [-0.39, 0.29) is 30.3 Å². The van der Waals surface area contributed by atoms with E-state index in [1.54, 1.807) is 5.48 Å². The van der Waals surface area contributed by atoms with E-state index in [1.165, 1.54) is 0 Å². The predicted octanol–water partition coefficient (Wildman–Crippen LogP) is 2.67. The lowest BCUT2D eigenvalue weighted by molar-refractivity contribution is -0.165. The van der Waals surface area contributed by atoms with Gasteiger partial charge in [-0.3, -0.25) is 20.1 Å². The van der Waals surface area contributed by atoms with Gasteiger partial charge in [0.15, 0.2) is 12.2 Å². The molecule has 0 aromatic heterocycles. The lowest BCUT2D eigenvalue weighted by atomic mass is 10.1. The third-order valence-corrected chi connectivity index (χ3v) is 7.19. The van der Waals surface area contributed by atoms with Crippen LogP contribution in [0.3, 0.4) is 0 Å². The molecule has 252 valence electrons. The zero-order chi connectivity index (χ0) is 33.9. The Morgan fingerprint density at radius 2 is 1.30 bits per heavy atom. The number of carbonyl (C=O) groups excluding carboxylic acids is 3. The van der Waals surface area contributed by atoms with Crippen LogP contribution in [0, 0.1) is 0 Å². The van der Waals surface area contributed by atoms with Crippen LogP contribution in [0.4, 0.5) is 5.69 Å². The number of nitrogens with one attached hydrogen (secondary N) is 3. The van der Waals surface area contributed by atoms with Crippen molar-refractivity contribution in [1.82, 2.24) is 10.8 Å². The minimum atomic E-state index is -2.27. The van der Waals surface area contributed by atoms with Gasteiger partial charge >= 0.3 is 17.9 Å². The molecule has 8 N–H and O–H groups in total. The van der Waals surface area contributed by atoms with Crippen molar-refractivity contribution >= 4 is 35.4 Å². The van der Waals surface area contributed by atoms with E-state index in [0.717, 1.165) is 61.8 Å². The standard InChI is InChI=1S/C28H37N3O5.C4H6O6/c32-25(14-6-1-2-7-15-26(33)31-35)30-23-18-16-21(17-19-23)20-29-27(22-10-4-3-5-11-22)28(34)36-24-12-8-9-13-24;5-1(3(7)8)2(6)4(9)10/h3-5,10-11,16-19,24,27,29,35H,1-2,6-9,12-15,20H2,(H,30,32)(H,31,33);1-2,5-6H,(H,7,8)(H,9,10)/t27-;1-,2-/m01/s1. The van der Waals surface area contributed by atoms with Crippen molar-refractivity contribution in [3.63, 3.8) is 0 Å². The smallest absolute Gasteiger partial charge is 0.335 e. The van der Waals surface area contributed by atoms with Crippen molar-refractivity contribution in [2.75, 3.05) is 5.32 Å². The molecule has 0 aliphatic heterocycles. The van der Waals surface area contributed by atoms with E-state index < -0.39 is 30.2 Å². The zero-order valence-corrected chi connectivity index (χ0v) is 25.5. The molecule has 1 saturated carbocycles. The highest BCUT2D eigenvalue weighted by Crippen LogP contribution is 2.24. The summed E-state index contributed by atoms with van der Waals surface area (Å²) in [5, 5.41) is 47.2. The minimum absolute atomic E-state index is 0.0150. The highest BCUT2D eigenvalue weighted by atomic mass is 16.5. The Kier molecular flexibility index (Phi) is 17.0. The first-order valence-corrected chi connectivity index (χ1v) is 15.1. The van der Waals surface area contributed by atoms with Gasteiger partial charge in [0.25, 0.3) is 0 Å². The number of carbonyl (C=O) groups is 5. The third-order valence-electron chi connectivity index (χ3n) is 7.19. The zero-order valence-electron chi connectivity index (χ0n) is 25.5. The molecule has 1 aliphatic rings.